The highest BCUT2D eigenvalue weighted by molar-refractivity contribution is 5.50. The average molecular weight is 300 g/mol. The molecule has 0 aliphatic heterocycles. The first-order chi connectivity index (χ1) is 10.8. The van der Waals surface area contributed by atoms with Crippen LogP contribution in [0.25, 0.3) is 6.08 Å². The molecule has 0 radical (unpaired) electrons. The van der Waals surface area contributed by atoms with Crippen LogP contribution >= 0.6 is 0 Å². The van der Waals surface area contributed by atoms with Crippen molar-refractivity contribution < 1.29 is 4.39 Å². The molecule has 22 heavy (non-hydrogen) atoms. The fourth-order valence-corrected chi connectivity index (χ4v) is 3.31. The summed E-state index contributed by atoms with van der Waals surface area (Å²) in [7, 11) is 0. The van der Waals surface area contributed by atoms with Gasteiger partial charge in [0.25, 0.3) is 0 Å². The van der Waals surface area contributed by atoms with E-state index >= 15 is 0 Å². The number of unbranched alkanes of at least 4 members (excludes halogenated alkanes) is 2. The monoisotopic (exact) mass is 300 g/mol. The predicted octanol–water partition coefficient (Wildman–Crippen LogP) is 6.78. The molecule has 2 rings (SSSR count). The second-order valence-electron chi connectivity index (χ2n) is 6.57. The van der Waals surface area contributed by atoms with Crippen molar-refractivity contribution in [2.45, 2.75) is 58.3 Å². The van der Waals surface area contributed by atoms with E-state index in [0.717, 1.165) is 17.4 Å². The first-order valence-electron chi connectivity index (χ1n) is 8.88. The van der Waals surface area contributed by atoms with Gasteiger partial charge in [-0.05, 0) is 55.2 Å². The Kier molecular flexibility index (Phi) is 7.42. The van der Waals surface area contributed by atoms with E-state index in [-0.39, 0.29) is 5.82 Å². The van der Waals surface area contributed by atoms with Crippen molar-refractivity contribution in [1.29, 1.82) is 0 Å². The average Bonchev–Trinajstić information content (AvgIpc) is 2.55. The SMILES string of the molecule is CCCCC[C@H]1CC[C@H](C=CC=Cc2ccc(F)cc2)CC1. The Morgan fingerprint density at radius 3 is 2.41 bits per heavy atom. The molecule has 0 amide bonds. The maximum Gasteiger partial charge on any atom is 0.123 e. The van der Waals surface area contributed by atoms with Crippen molar-refractivity contribution in [3.05, 3.63) is 53.9 Å². The summed E-state index contributed by atoms with van der Waals surface area (Å²) in [5.41, 5.74) is 1.05. The van der Waals surface area contributed by atoms with Crippen molar-refractivity contribution in [3.63, 3.8) is 0 Å². The molecule has 1 saturated carbocycles. The highest BCUT2D eigenvalue weighted by Gasteiger charge is 2.18. The topological polar surface area (TPSA) is 0 Å². The standard InChI is InChI=1S/C21H29F/c1-2-3-4-7-18-10-12-19(13-11-18)8-5-6-9-20-14-16-21(22)17-15-20/h5-6,8-9,14-19H,2-4,7,10-13H2,1H3/t18-,19-. The normalized spacial score (nSPS) is 22.6. The molecular weight excluding hydrogens is 271 g/mol. The molecule has 1 aromatic carbocycles. The van der Waals surface area contributed by atoms with Crippen molar-refractivity contribution in [3.8, 4) is 0 Å². The zero-order chi connectivity index (χ0) is 15.6. The van der Waals surface area contributed by atoms with Gasteiger partial charge in [-0.1, -0.05) is 69.0 Å². The highest BCUT2D eigenvalue weighted by Crippen LogP contribution is 2.32. The van der Waals surface area contributed by atoms with Crippen molar-refractivity contribution in [1.82, 2.24) is 0 Å². The zero-order valence-corrected chi connectivity index (χ0v) is 13.8. The van der Waals surface area contributed by atoms with Crippen LogP contribution in [0.15, 0.2) is 42.5 Å². The van der Waals surface area contributed by atoms with Gasteiger partial charge in [0.2, 0.25) is 0 Å². The van der Waals surface area contributed by atoms with Crippen LogP contribution in [0, 0.1) is 17.7 Å². The third-order valence-electron chi connectivity index (χ3n) is 4.76. The summed E-state index contributed by atoms with van der Waals surface area (Å²) in [6.07, 6.45) is 19.7. The lowest BCUT2D eigenvalue weighted by atomic mass is 9.79. The lowest BCUT2D eigenvalue weighted by Crippen LogP contribution is -2.12. The van der Waals surface area contributed by atoms with Gasteiger partial charge in [-0.3, -0.25) is 0 Å². The van der Waals surface area contributed by atoms with Gasteiger partial charge < -0.3 is 0 Å². The summed E-state index contributed by atoms with van der Waals surface area (Å²) in [6.45, 7) is 2.28. The fraction of sp³-hybridized carbons (Fsp3) is 0.524. The maximum atomic E-state index is 12.8. The van der Waals surface area contributed by atoms with Crippen LogP contribution in [0.4, 0.5) is 4.39 Å². The Balaban J connectivity index is 1.68. The van der Waals surface area contributed by atoms with Crippen molar-refractivity contribution >= 4 is 6.08 Å². The molecule has 0 nitrogen and oxygen atoms in total. The molecule has 0 heterocycles. The van der Waals surface area contributed by atoms with E-state index in [4.69, 9.17) is 0 Å². The minimum absolute atomic E-state index is 0.177. The molecule has 0 spiro atoms. The molecule has 0 unspecified atom stereocenters. The number of hydrogen-bond donors (Lipinski definition) is 0. The molecule has 120 valence electrons. The lowest BCUT2D eigenvalue weighted by molar-refractivity contribution is 0.289. The Bertz CT molecular complexity index is 461. The van der Waals surface area contributed by atoms with Crippen LogP contribution in [0.2, 0.25) is 0 Å². The zero-order valence-electron chi connectivity index (χ0n) is 13.8. The molecule has 1 aliphatic carbocycles. The molecule has 1 aliphatic rings. The fourth-order valence-electron chi connectivity index (χ4n) is 3.31. The van der Waals surface area contributed by atoms with E-state index < -0.39 is 0 Å². The van der Waals surface area contributed by atoms with Gasteiger partial charge in [0.05, 0.1) is 0 Å². The van der Waals surface area contributed by atoms with Crippen LogP contribution in [0.1, 0.15) is 63.9 Å². The molecule has 0 N–H and O–H groups in total. The molecule has 1 fully saturated rings. The van der Waals surface area contributed by atoms with E-state index in [1.54, 1.807) is 12.1 Å². The minimum atomic E-state index is -0.177. The molecule has 1 aromatic rings. The van der Waals surface area contributed by atoms with Crippen LogP contribution in [0.3, 0.4) is 0 Å². The lowest BCUT2D eigenvalue weighted by Gasteiger charge is -2.26. The highest BCUT2D eigenvalue weighted by atomic mass is 19.1. The van der Waals surface area contributed by atoms with Crippen LogP contribution in [-0.2, 0) is 0 Å². The van der Waals surface area contributed by atoms with E-state index in [1.807, 2.05) is 6.08 Å². The Morgan fingerprint density at radius 2 is 1.73 bits per heavy atom. The van der Waals surface area contributed by atoms with Gasteiger partial charge in [0, 0.05) is 0 Å². The van der Waals surface area contributed by atoms with E-state index in [9.17, 15) is 4.39 Å². The van der Waals surface area contributed by atoms with Crippen molar-refractivity contribution in [2.24, 2.45) is 11.8 Å². The third kappa shape index (κ3) is 6.17. The van der Waals surface area contributed by atoms with Gasteiger partial charge in [-0.15, -0.1) is 0 Å². The first-order valence-corrected chi connectivity index (χ1v) is 8.88. The molecule has 1 heteroatoms. The van der Waals surface area contributed by atoms with Gasteiger partial charge in [-0.25, -0.2) is 4.39 Å². The van der Waals surface area contributed by atoms with E-state index in [0.29, 0.717) is 0 Å². The summed E-state index contributed by atoms with van der Waals surface area (Å²) in [5.74, 6) is 1.55. The van der Waals surface area contributed by atoms with Gasteiger partial charge in [0.15, 0.2) is 0 Å². The Hall–Kier alpha value is -1.37. The number of hydrogen-bond acceptors (Lipinski definition) is 0. The molecular formula is C21H29F. The summed E-state index contributed by atoms with van der Waals surface area (Å²) >= 11 is 0. The van der Waals surface area contributed by atoms with Gasteiger partial charge in [0.1, 0.15) is 5.82 Å². The molecule has 0 bridgehead atoms. The van der Waals surface area contributed by atoms with E-state index in [1.165, 1.54) is 63.5 Å². The largest absolute Gasteiger partial charge is 0.207 e. The number of rotatable bonds is 7. The van der Waals surface area contributed by atoms with Crippen LogP contribution in [0.5, 0.6) is 0 Å². The van der Waals surface area contributed by atoms with Gasteiger partial charge >= 0.3 is 0 Å². The Labute approximate surface area is 135 Å². The summed E-state index contributed by atoms with van der Waals surface area (Å²) in [4.78, 5) is 0. The van der Waals surface area contributed by atoms with Gasteiger partial charge in [-0.2, -0.15) is 0 Å². The predicted molar refractivity (Wildman–Crippen MR) is 94.2 cm³/mol. The van der Waals surface area contributed by atoms with Crippen molar-refractivity contribution in [2.75, 3.05) is 0 Å². The van der Waals surface area contributed by atoms with E-state index in [2.05, 4.69) is 25.2 Å². The second kappa shape index (κ2) is 9.61. The molecule has 0 aromatic heterocycles. The Morgan fingerprint density at radius 1 is 1.00 bits per heavy atom. The number of allylic oxidation sites excluding steroid dienone is 3. The maximum absolute atomic E-state index is 12.8. The third-order valence-corrected chi connectivity index (χ3v) is 4.76. The quantitative estimate of drug-likeness (QED) is 0.384. The van der Waals surface area contributed by atoms with Crippen LogP contribution in [-0.4, -0.2) is 0 Å². The summed E-state index contributed by atoms with van der Waals surface area (Å²) < 4.78 is 12.8. The smallest absolute Gasteiger partial charge is 0.123 e. The molecule has 0 saturated heterocycles. The number of benzene rings is 1. The summed E-state index contributed by atoms with van der Waals surface area (Å²) in [6, 6.07) is 6.62. The van der Waals surface area contributed by atoms with Crippen LogP contribution < -0.4 is 0 Å². The first kappa shape index (κ1) is 17.0. The molecule has 0 atom stereocenters. The summed E-state index contributed by atoms with van der Waals surface area (Å²) in [5, 5.41) is 0. The second-order valence-corrected chi connectivity index (χ2v) is 6.57. The minimum Gasteiger partial charge on any atom is -0.207 e. The number of halogens is 1.